The van der Waals surface area contributed by atoms with Crippen LogP contribution in [0.3, 0.4) is 0 Å². The summed E-state index contributed by atoms with van der Waals surface area (Å²) in [6.07, 6.45) is 2.81. The number of unbranched alkanes of at least 4 members (excludes halogenated alkanes) is 1. The molecule has 0 spiro atoms. The minimum Gasteiger partial charge on any atom is -0.478 e. The first-order valence-corrected chi connectivity index (χ1v) is 10.6. The van der Waals surface area contributed by atoms with E-state index in [1.54, 1.807) is 6.07 Å². The largest absolute Gasteiger partial charge is 0.478 e. The summed E-state index contributed by atoms with van der Waals surface area (Å²) in [5, 5.41) is 23.1. The average molecular weight is 430 g/mol. The van der Waals surface area contributed by atoms with E-state index in [-0.39, 0.29) is 18.2 Å². The number of aromatic carboxylic acids is 1. The van der Waals surface area contributed by atoms with Crippen LogP contribution < -0.4 is 0 Å². The van der Waals surface area contributed by atoms with Gasteiger partial charge >= 0.3 is 5.97 Å². The van der Waals surface area contributed by atoms with E-state index in [2.05, 4.69) is 16.5 Å². The highest BCUT2D eigenvalue weighted by atomic mass is 35.5. The number of benzene rings is 2. The lowest BCUT2D eigenvalue weighted by atomic mass is 9.99. The van der Waals surface area contributed by atoms with Gasteiger partial charge in [-0.3, -0.25) is 0 Å². The molecule has 2 N–H and O–H groups in total. The van der Waals surface area contributed by atoms with Crippen molar-refractivity contribution in [2.45, 2.75) is 59.2 Å². The minimum atomic E-state index is -0.944. The lowest BCUT2D eigenvalue weighted by molar-refractivity contribution is -0.126. The average Bonchev–Trinajstić information content (AvgIpc) is 3.00. The van der Waals surface area contributed by atoms with Gasteiger partial charge in [0.15, 0.2) is 5.15 Å². The quantitative estimate of drug-likeness (QED) is 0.446. The van der Waals surface area contributed by atoms with E-state index in [1.165, 1.54) is 5.06 Å². The van der Waals surface area contributed by atoms with Crippen LogP contribution >= 0.6 is 11.6 Å². The van der Waals surface area contributed by atoms with Crippen LogP contribution in [0.25, 0.3) is 10.8 Å². The van der Waals surface area contributed by atoms with Crippen LogP contribution in [0.15, 0.2) is 36.4 Å². The van der Waals surface area contributed by atoms with Gasteiger partial charge in [-0.25, -0.2) is 9.78 Å². The number of nitrogens with zero attached hydrogens (tertiary/aromatic N) is 3. The Morgan fingerprint density at radius 1 is 1.20 bits per heavy atom. The molecule has 3 rings (SSSR count). The zero-order valence-corrected chi connectivity index (χ0v) is 18.4. The van der Waals surface area contributed by atoms with Gasteiger partial charge in [-0.05, 0) is 42.7 Å². The lowest BCUT2D eigenvalue weighted by Gasteiger charge is -2.21. The molecule has 2 aromatic carbocycles. The second-order valence-corrected chi connectivity index (χ2v) is 8.13. The predicted octanol–water partition coefficient (Wildman–Crippen LogP) is 5.38. The Morgan fingerprint density at radius 2 is 1.90 bits per heavy atom. The molecule has 0 aliphatic carbocycles. The molecule has 0 fully saturated rings. The molecule has 0 saturated heterocycles. The number of carbonyl (C=O) groups is 1. The van der Waals surface area contributed by atoms with Gasteiger partial charge in [0.2, 0.25) is 0 Å². The summed E-state index contributed by atoms with van der Waals surface area (Å²) in [7, 11) is 0. The van der Waals surface area contributed by atoms with E-state index in [9.17, 15) is 15.1 Å². The Balaban J connectivity index is 2.09. The van der Waals surface area contributed by atoms with Crippen molar-refractivity contribution in [3.05, 3.63) is 64.2 Å². The fraction of sp³-hybridized carbons (Fsp3) is 0.391. The number of fused-ring (bicyclic) bond motifs is 1. The van der Waals surface area contributed by atoms with Crippen LogP contribution in [0, 0.1) is 0 Å². The normalized spacial score (nSPS) is 11.7. The van der Waals surface area contributed by atoms with E-state index in [0.717, 1.165) is 41.7 Å². The standard InChI is InChI=1S/C23H28ClN3O3/c1-4-5-10-21-25-22(24)20(14-27(30)15(2)3)26(21)13-16-11-12-19(23(28)29)18-9-7-6-8-17(16)18/h6-9,11-12,15,30H,4-5,10,13-14H2,1-3H3,(H,28,29). The number of aromatic nitrogens is 2. The molecule has 0 unspecified atom stereocenters. The molecule has 30 heavy (non-hydrogen) atoms. The fourth-order valence-corrected chi connectivity index (χ4v) is 3.82. The van der Waals surface area contributed by atoms with Gasteiger partial charge in [-0.2, -0.15) is 5.06 Å². The van der Waals surface area contributed by atoms with Gasteiger partial charge in [0.05, 0.1) is 17.8 Å². The van der Waals surface area contributed by atoms with E-state index in [1.807, 2.05) is 44.2 Å². The smallest absolute Gasteiger partial charge is 0.336 e. The first-order valence-electron chi connectivity index (χ1n) is 10.3. The fourth-order valence-electron chi connectivity index (χ4n) is 3.56. The summed E-state index contributed by atoms with van der Waals surface area (Å²) in [4.78, 5) is 16.2. The Labute approximate surface area is 181 Å². The first-order chi connectivity index (χ1) is 14.3. The summed E-state index contributed by atoms with van der Waals surface area (Å²) in [6, 6.07) is 11.0. The molecule has 1 heterocycles. The highest BCUT2D eigenvalue weighted by Gasteiger charge is 2.20. The van der Waals surface area contributed by atoms with Crippen LogP contribution in [-0.2, 0) is 19.5 Å². The van der Waals surface area contributed by atoms with Gasteiger partial charge in [0, 0.05) is 19.0 Å². The third-order valence-electron chi connectivity index (χ3n) is 5.34. The van der Waals surface area contributed by atoms with Crippen LogP contribution in [0.5, 0.6) is 0 Å². The zero-order chi connectivity index (χ0) is 21.8. The summed E-state index contributed by atoms with van der Waals surface area (Å²) in [6.45, 7) is 6.71. The molecule has 3 aromatic rings. The van der Waals surface area contributed by atoms with Gasteiger partial charge in [-0.1, -0.05) is 55.3 Å². The van der Waals surface area contributed by atoms with Crippen LogP contribution in [0.1, 0.15) is 61.1 Å². The summed E-state index contributed by atoms with van der Waals surface area (Å²) in [5.74, 6) is -0.0685. The monoisotopic (exact) mass is 429 g/mol. The van der Waals surface area contributed by atoms with Crippen molar-refractivity contribution >= 4 is 28.3 Å². The highest BCUT2D eigenvalue weighted by Crippen LogP contribution is 2.27. The van der Waals surface area contributed by atoms with Crippen LogP contribution in [-0.4, -0.2) is 36.9 Å². The first kappa shape index (κ1) is 22.3. The second kappa shape index (κ2) is 9.60. The SMILES string of the molecule is CCCCc1nc(Cl)c(CN(O)C(C)C)n1Cc1ccc(C(=O)O)c2ccccc12. The van der Waals surface area contributed by atoms with Gasteiger partial charge < -0.3 is 14.9 Å². The number of carboxylic acids is 1. The molecule has 0 amide bonds. The van der Waals surface area contributed by atoms with Crippen molar-refractivity contribution in [2.75, 3.05) is 0 Å². The molecule has 1 aromatic heterocycles. The molecule has 6 nitrogen and oxygen atoms in total. The zero-order valence-electron chi connectivity index (χ0n) is 17.6. The minimum absolute atomic E-state index is 0.0563. The van der Waals surface area contributed by atoms with Gasteiger partial charge in [-0.15, -0.1) is 0 Å². The summed E-state index contributed by atoms with van der Waals surface area (Å²) >= 11 is 6.48. The van der Waals surface area contributed by atoms with E-state index in [4.69, 9.17) is 11.6 Å². The Hall–Kier alpha value is -2.41. The van der Waals surface area contributed by atoms with Crippen molar-refractivity contribution in [2.24, 2.45) is 0 Å². The number of hydrogen-bond acceptors (Lipinski definition) is 4. The number of rotatable bonds is 9. The molecule has 7 heteroatoms. The molecular formula is C23H28ClN3O3. The van der Waals surface area contributed by atoms with Gasteiger partial charge in [0.1, 0.15) is 5.82 Å². The third-order valence-corrected chi connectivity index (χ3v) is 5.64. The number of aryl methyl sites for hydroxylation is 1. The number of halogens is 1. The number of carboxylic acid groups (broad SMARTS) is 1. The molecular weight excluding hydrogens is 402 g/mol. The Morgan fingerprint density at radius 3 is 2.53 bits per heavy atom. The maximum Gasteiger partial charge on any atom is 0.336 e. The van der Waals surface area contributed by atoms with E-state index >= 15 is 0 Å². The summed E-state index contributed by atoms with van der Waals surface area (Å²) in [5.41, 5.74) is 2.02. The van der Waals surface area contributed by atoms with Crippen molar-refractivity contribution in [1.82, 2.24) is 14.6 Å². The third kappa shape index (κ3) is 4.67. The molecule has 0 radical (unpaired) electrons. The lowest BCUT2D eigenvalue weighted by Crippen LogP contribution is -2.28. The van der Waals surface area contributed by atoms with Crippen molar-refractivity contribution in [3.8, 4) is 0 Å². The molecule has 0 atom stereocenters. The molecule has 0 bridgehead atoms. The van der Waals surface area contributed by atoms with E-state index in [0.29, 0.717) is 17.1 Å². The Kier molecular flexibility index (Phi) is 7.13. The molecule has 0 aliphatic heterocycles. The van der Waals surface area contributed by atoms with Crippen LogP contribution in [0.2, 0.25) is 5.15 Å². The maximum absolute atomic E-state index is 11.6. The number of hydrogen-bond donors (Lipinski definition) is 2. The highest BCUT2D eigenvalue weighted by molar-refractivity contribution is 6.30. The molecule has 160 valence electrons. The molecule has 0 aliphatic rings. The number of hydroxylamine groups is 2. The predicted molar refractivity (Wildman–Crippen MR) is 118 cm³/mol. The van der Waals surface area contributed by atoms with Gasteiger partial charge in [0.25, 0.3) is 0 Å². The topological polar surface area (TPSA) is 78.6 Å². The Bertz CT molecular complexity index is 1050. The molecule has 0 saturated carbocycles. The summed E-state index contributed by atoms with van der Waals surface area (Å²) < 4.78 is 2.06. The van der Waals surface area contributed by atoms with Crippen molar-refractivity contribution < 1.29 is 15.1 Å². The number of imidazole rings is 1. The van der Waals surface area contributed by atoms with Crippen LogP contribution in [0.4, 0.5) is 0 Å². The second-order valence-electron chi connectivity index (χ2n) is 7.77. The van der Waals surface area contributed by atoms with Crippen molar-refractivity contribution in [1.29, 1.82) is 0 Å². The van der Waals surface area contributed by atoms with Crippen molar-refractivity contribution in [3.63, 3.8) is 0 Å². The maximum atomic E-state index is 11.6. The van der Waals surface area contributed by atoms with E-state index < -0.39 is 5.97 Å².